The van der Waals surface area contributed by atoms with Gasteiger partial charge >= 0.3 is 12.3 Å². The number of carbonyl (C=O) groups is 2. The fourth-order valence-corrected chi connectivity index (χ4v) is 3.47. The Morgan fingerprint density at radius 2 is 1.73 bits per heavy atom. The van der Waals surface area contributed by atoms with Crippen LogP contribution >= 0.6 is 0 Å². The topological polar surface area (TPSA) is 75.6 Å². The van der Waals surface area contributed by atoms with E-state index in [-0.39, 0.29) is 35.1 Å². The average molecular weight is 429 g/mol. The minimum atomic E-state index is -5.47. The maximum Gasteiger partial charge on any atom is 0.525 e. The lowest BCUT2D eigenvalue weighted by Gasteiger charge is -2.33. The van der Waals surface area contributed by atoms with Crippen molar-refractivity contribution in [1.29, 1.82) is 0 Å². The number of carboxylic acid groups (broad SMARTS) is 1. The van der Waals surface area contributed by atoms with Gasteiger partial charge in [0, 0.05) is 17.6 Å². The zero-order valence-corrected chi connectivity index (χ0v) is 15.4. The number of ether oxygens (including phenoxy) is 1. The van der Waals surface area contributed by atoms with Crippen molar-refractivity contribution in [2.75, 3.05) is 0 Å². The normalized spacial score (nSPS) is 22.2. The highest BCUT2D eigenvalue weighted by molar-refractivity contribution is 6.03. The second kappa shape index (κ2) is 8.02. The smallest absolute Gasteiger partial charge is 0.478 e. The number of nitrogens with one attached hydrogen (secondary N) is 1. The molecule has 10 heteroatoms. The van der Waals surface area contributed by atoms with Crippen LogP contribution in [-0.2, 0) is 14.3 Å². The van der Waals surface area contributed by atoms with Gasteiger partial charge in [0.05, 0.1) is 0 Å². The second-order valence-electron chi connectivity index (χ2n) is 6.78. The summed E-state index contributed by atoms with van der Waals surface area (Å²) in [5.74, 6) is -7.77. The second-order valence-corrected chi connectivity index (χ2v) is 6.78. The third kappa shape index (κ3) is 4.59. The van der Waals surface area contributed by atoms with Crippen LogP contribution in [0.2, 0.25) is 0 Å². The van der Waals surface area contributed by atoms with Gasteiger partial charge < -0.3 is 10.4 Å². The minimum Gasteiger partial charge on any atom is -0.478 e. The molecule has 1 aromatic rings. The van der Waals surface area contributed by atoms with Gasteiger partial charge in [-0.1, -0.05) is 30.3 Å². The van der Waals surface area contributed by atoms with E-state index in [1.807, 2.05) is 0 Å². The largest absolute Gasteiger partial charge is 0.525 e. The number of alkyl halides is 4. The highest BCUT2D eigenvalue weighted by Gasteiger charge is 2.51. The minimum absolute atomic E-state index is 0.0207. The Hall–Kier alpha value is -3.01. The van der Waals surface area contributed by atoms with E-state index >= 15 is 4.39 Å². The van der Waals surface area contributed by atoms with E-state index in [0.717, 1.165) is 6.08 Å². The molecule has 0 bridgehead atoms. The number of allylic oxidation sites excluding steroid dienone is 2. The summed E-state index contributed by atoms with van der Waals surface area (Å²) in [4.78, 5) is 23.6. The van der Waals surface area contributed by atoms with E-state index in [9.17, 15) is 27.2 Å². The lowest BCUT2D eigenvalue weighted by atomic mass is 9.91. The number of hydrogen-bond acceptors (Lipinski definition) is 3. The van der Waals surface area contributed by atoms with E-state index in [0.29, 0.717) is 6.42 Å². The maximum absolute atomic E-state index is 15.4. The predicted octanol–water partition coefficient (Wildman–Crippen LogP) is 4.54. The molecule has 2 aliphatic rings. The molecule has 3 rings (SSSR count). The van der Waals surface area contributed by atoms with Crippen LogP contribution in [0.4, 0.5) is 22.0 Å². The summed E-state index contributed by atoms with van der Waals surface area (Å²) < 4.78 is 72.4. The predicted molar refractivity (Wildman–Crippen MR) is 94.8 cm³/mol. The van der Waals surface area contributed by atoms with Gasteiger partial charge in [-0.15, -0.1) is 13.2 Å². The molecule has 0 saturated carbocycles. The highest BCUT2D eigenvalue weighted by atomic mass is 19.4. The number of rotatable bonds is 5. The van der Waals surface area contributed by atoms with Crippen LogP contribution in [0.15, 0.2) is 59.1 Å². The number of halogens is 5. The summed E-state index contributed by atoms with van der Waals surface area (Å²) in [7, 11) is 0. The SMILES string of the molecule is O=C(O)C1=C(C(=O)NC2=C(F)C=C(c3ccccc3)CC2(F)OC(F)(F)F)CCC1. The van der Waals surface area contributed by atoms with E-state index in [2.05, 4.69) is 4.74 Å². The van der Waals surface area contributed by atoms with E-state index in [1.165, 1.54) is 12.1 Å². The molecule has 5 nitrogen and oxygen atoms in total. The molecule has 2 aliphatic carbocycles. The number of amides is 1. The molecule has 0 fully saturated rings. The molecule has 0 spiro atoms. The number of benzene rings is 1. The van der Waals surface area contributed by atoms with Gasteiger partial charge in [0.15, 0.2) is 0 Å². The molecular weight excluding hydrogens is 413 g/mol. The Kier molecular flexibility index (Phi) is 5.80. The van der Waals surface area contributed by atoms with E-state index in [1.54, 1.807) is 23.5 Å². The number of carbonyl (C=O) groups excluding carboxylic acids is 1. The Morgan fingerprint density at radius 3 is 2.33 bits per heavy atom. The van der Waals surface area contributed by atoms with Gasteiger partial charge in [-0.2, -0.15) is 0 Å². The summed E-state index contributed by atoms with van der Waals surface area (Å²) >= 11 is 0. The Bertz CT molecular complexity index is 965. The van der Waals surface area contributed by atoms with Gasteiger partial charge in [-0.25, -0.2) is 18.3 Å². The van der Waals surface area contributed by atoms with Crippen molar-refractivity contribution in [2.45, 2.75) is 37.9 Å². The average Bonchev–Trinajstić information content (AvgIpc) is 3.14. The molecule has 1 unspecified atom stereocenters. The van der Waals surface area contributed by atoms with Crippen LogP contribution in [0.3, 0.4) is 0 Å². The molecule has 1 aromatic carbocycles. The lowest BCUT2D eigenvalue weighted by Crippen LogP contribution is -2.45. The van der Waals surface area contributed by atoms with Crippen LogP contribution in [-0.4, -0.2) is 29.2 Å². The van der Waals surface area contributed by atoms with Crippen molar-refractivity contribution in [3.05, 3.63) is 64.6 Å². The summed E-state index contributed by atoms with van der Waals surface area (Å²) in [5.41, 5.74) is -1.67. The molecule has 1 atom stereocenters. The molecule has 0 radical (unpaired) electrons. The first-order chi connectivity index (χ1) is 14.0. The first-order valence-electron chi connectivity index (χ1n) is 8.89. The Labute approximate surface area is 167 Å². The van der Waals surface area contributed by atoms with Gasteiger partial charge in [-0.05, 0) is 36.5 Å². The number of carboxylic acids is 1. The van der Waals surface area contributed by atoms with Crippen molar-refractivity contribution in [2.24, 2.45) is 0 Å². The summed E-state index contributed by atoms with van der Waals surface area (Å²) in [6, 6.07) is 7.62. The van der Waals surface area contributed by atoms with Gasteiger partial charge in [-0.3, -0.25) is 4.79 Å². The summed E-state index contributed by atoms with van der Waals surface area (Å²) in [5, 5.41) is 10.9. The van der Waals surface area contributed by atoms with Crippen molar-refractivity contribution in [3.8, 4) is 0 Å². The van der Waals surface area contributed by atoms with Crippen molar-refractivity contribution in [1.82, 2.24) is 5.32 Å². The first-order valence-corrected chi connectivity index (χ1v) is 8.89. The molecule has 160 valence electrons. The third-order valence-electron chi connectivity index (χ3n) is 4.74. The standard InChI is InChI=1S/C20H16F5NO4/c21-15-9-12(11-5-2-1-3-6-11)10-19(22,30-20(23,24)25)16(15)26-17(27)13-7-4-8-14(13)18(28)29/h1-3,5-6,9H,4,7-8,10H2,(H,26,27)(H,28,29). The van der Waals surface area contributed by atoms with Crippen LogP contribution < -0.4 is 5.32 Å². The monoisotopic (exact) mass is 429 g/mol. The Morgan fingerprint density at radius 1 is 1.10 bits per heavy atom. The molecule has 2 N–H and O–H groups in total. The highest BCUT2D eigenvalue weighted by Crippen LogP contribution is 2.44. The van der Waals surface area contributed by atoms with E-state index < -0.39 is 42.0 Å². The van der Waals surface area contributed by atoms with Crippen LogP contribution in [0, 0.1) is 0 Å². The van der Waals surface area contributed by atoms with Gasteiger partial charge in [0.2, 0.25) is 0 Å². The van der Waals surface area contributed by atoms with Crippen molar-refractivity contribution < 1.29 is 41.4 Å². The number of aliphatic carboxylic acids is 1. The van der Waals surface area contributed by atoms with Crippen molar-refractivity contribution >= 4 is 17.4 Å². The number of hydrogen-bond donors (Lipinski definition) is 2. The quantitative estimate of drug-likeness (QED) is 0.674. The fraction of sp³-hybridized carbons (Fsp3) is 0.300. The molecule has 0 heterocycles. The summed E-state index contributed by atoms with van der Waals surface area (Å²) in [6.45, 7) is 0. The van der Waals surface area contributed by atoms with Gasteiger partial charge in [0.25, 0.3) is 11.8 Å². The zero-order chi connectivity index (χ0) is 22.1. The molecule has 0 aliphatic heterocycles. The maximum atomic E-state index is 15.4. The van der Waals surface area contributed by atoms with Gasteiger partial charge in [0.1, 0.15) is 11.5 Å². The third-order valence-corrected chi connectivity index (χ3v) is 4.74. The molecule has 1 amide bonds. The zero-order valence-electron chi connectivity index (χ0n) is 15.4. The van der Waals surface area contributed by atoms with Crippen LogP contribution in [0.25, 0.3) is 5.57 Å². The van der Waals surface area contributed by atoms with Crippen LogP contribution in [0.5, 0.6) is 0 Å². The molecule has 0 aromatic heterocycles. The van der Waals surface area contributed by atoms with Crippen molar-refractivity contribution in [3.63, 3.8) is 0 Å². The lowest BCUT2D eigenvalue weighted by molar-refractivity contribution is -0.383. The molecule has 30 heavy (non-hydrogen) atoms. The Balaban J connectivity index is 2.01. The van der Waals surface area contributed by atoms with Crippen LogP contribution in [0.1, 0.15) is 31.2 Å². The fourth-order valence-electron chi connectivity index (χ4n) is 3.47. The molecular formula is C20H16F5NO4. The van der Waals surface area contributed by atoms with E-state index in [4.69, 9.17) is 5.11 Å². The first kappa shape index (κ1) is 21.7. The molecule has 0 saturated heterocycles. The summed E-state index contributed by atoms with van der Waals surface area (Å²) in [6.07, 6.45) is -5.27.